The van der Waals surface area contributed by atoms with Crippen molar-refractivity contribution in [3.8, 4) is 0 Å². The molecule has 0 spiro atoms. The average molecular weight is 121 g/mol. The van der Waals surface area contributed by atoms with E-state index >= 15 is 0 Å². The first-order valence-corrected chi connectivity index (χ1v) is 3.15. The van der Waals surface area contributed by atoms with Gasteiger partial charge in [-0.1, -0.05) is 24.6 Å². The number of hydrogen-bond acceptors (Lipinski definition) is 1. The summed E-state index contributed by atoms with van der Waals surface area (Å²) >= 11 is 0. The Bertz CT molecular complexity index is 187. The first-order chi connectivity index (χ1) is 4.20. The van der Waals surface area contributed by atoms with Gasteiger partial charge in [0.2, 0.25) is 0 Å². The molecule has 0 aromatic rings. The quantitative estimate of drug-likeness (QED) is 0.507. The van der Waals surface area contributed by atoms with Crippen molar-refractivity contribution in [3.63, 3.8) is 0 Å². The molecule has 48 valence electrons. The Kier molecular flexibility index (Phi) is 1.52. The Morgan fingerprint density at radius 2 is 2.11 bits per heavy atom. The minimum atomic E-state index is 0.315. The summed E-state index contributed by atoms with van der Waals surface area (Å²) in [6.45, 7) is 4.09. The van der Waals surface area contributed by atoms with Crippen LogP contribution in [-0.2, 0) is 0 Å². The Morgan fingerprint density at radius 1 is 1.44 bits per heavy atom. The molecule has 1 aliphatic rings. The lowest BCUT2D eigenvalue weighted by Crippen LogP contribution is -2.07. The Morgan fingerprint density at radius 3 is 2.56 bits per heavy atom. The molecule has 0 saturated carbocycles. The van der Waals surface area contributed by atoms with Crippen molar-refractivity contribution in [3.05, 3.63) is 23.8 Å². The van der Waals surface area contributed by atoms with Crippen LogP contribution in [0, 0.1) is 11.3 Å². The van der Waals surface area contributed by atoms with Gasteiger partial charge in [-0.3, -0.25) is 0 Å². The van der Waals surface area contributed by atoms with Crippen molar-refractivity contribution in [2.24, 2.45) is 5.92 Å². The average Bonchev–Trinajstić information content (AvgIpc) is 1.80. The summed E-state index contributed by atoms with van der Waals surface area (Å²) in [7, 11) is 0. The third-order valence-electron chi connectivity index (χ3n) is 1.53. The second-order valence-electron chi connectivity index (χ2n) is 2.49. The zero-order valence-electron chi connectivity index (χ0n) is 5.81. The van der Waals surface area contributed by atoms with Crippen LogP contribution < -0.4 is 0 Å². The van der Waals surface area contributed by atoms with E-state index in [0.717, 1.165) is 0 Å². The van der Waals surface area contributed by atoms with E-state index in [9.17, 15) is 0 Å². The van der Waals surface area contributed by atoms with E-state index in [-0.39, 0.29) is 0 Å². The van der Waals surface area contributed by atoms with Crippen molar-refractivity contribution in [1.82, 2.24) is 0 Å². The van der Waals surface area contributed by atoms with Crippen molar-refractivity contribution < 1.29 is 0 Å². The molecule has 1 heteroatoms. The normalized spacial score (nSPS) is 26.2. The van der Waals surface area contributed by atoms with Crippen molar-refractivity contribution in [2.45, 2.75) is 13.8 Å². The molecular formula is C8H11N. The SMILES string of the molecule is CC1=CC(C)C(=N)C=C1. The molecule has 0 bridgehead atoms. The van der Waals surface area contributed by atoms with Crippen LogP contribution in [0.1, 0.15) is 13.8 Å². The molecule has 1 N–H and O–H groups in total. The predicted octanol–water partition coefficient (Wildman–Crippen LogP) is 2.16. The molecule has 0 aromatic heterocycles. The highest BCUT2D eigenvalue weighted by atomic mass is 14.4. The van der Waals surface area contributed by atoms with E-state index in [1.807, 2.05) is 19.1 Å². The Hall–Kier alpha value is -0.850. The van der Waals surface area contributed by atoms with Gasteiger partial charge in [-0.25, -0.2) is 0 Å². The molecule has 0 aliphatic heterocycles. The topological polar surface area (TPSA) is 23.9 Å². The van der Waals surface area contributed by atoms with Gasteiger partial charge in [0.25, 0.3) is 0 Å². The fourth-order valence-electron chi connectivity index (χ4n) is 0.913. The van der Waals surface area contributed by atoms with Crippen LogP contribution in [0.2, 0.25) is 0 Å². The van der Waals surface area contributed by atoms with Crippen molar-refractivity contribution in [2.75, 3.05) is 0 Å². The van der Waals surface area contributed by atoms with Gasteiger partial charge in [0.05, 0.1) is 0 Å². The van der Waals surface area contributed by atoms with Crippen LogP contribution >= 0.6 is 0 Å². The zero-order valence-corrected chi connectivity index (χ0v) is 5.81. The second kappa shape index (κ2) is 2.18. The van der Waals surface area contributed by atoms with E-state index in [0.29, 0.717) is 11.6 Å². The van der Waals surface area contributed by atoms with Gasteiger partial charge in [0.1, 0.15) is 0 Å². The minimum absolute atomic E-state index is 0.315. The van der Waals surface area contributed by atoms with Crippen LogP contribution in [0.3, 0.4) is 0 Å². The third kappa shape index (κ3) is 1.28. The van der Waals surface area contributed by atoms with Gasteiger partial charge in [0, 0.05) is 11.6 Å². The monoisotopic (exact) mass is 121 g/mol. The molecule has 0 radical (unpaired) electrons. The lowest BCUT2D eigenvalue weighted by atomic mass is 9.97. The molecule has 0 aromatic carbocycles. The molecule has 1 aliphatic carbocycles. The molecule has 0 amide bonds. The highest BCUT2D eigenvalue weighted by Crippen LogP contribution is 2.11. The molecule has 1 atom stereocenters. The second-order valence-corrected chi connectivity index (χ2v) is 2.49. The van der Waals surface area contributed by atoms with E-state index in [2.05, 4.69) is 13.0 Å². The molecule has 0 fully saturated rings. The van der Waals surface area contributed by atoms with E-state index in [4.69, 9.17) is 5.41 Å². The molecule has 1 nitrogen and oxygen atoms in total. The van der Waals surface area contributed by atoms with Crippen LogP contribution in [0.4, 0.5) is 0 Å². The minimum Gasteiger partial charge on any atom is -0.305 e. The summed E-state index contributed by atoms with van der Waals surface area (Å²) in [5.41, 5.74) is 1.97. The fourth-order valence-corrected chi connectivity index (χ4v) is 0.913. The van der Waals surface area contributed by atoms with Gasteiger partial charge in [-0.2, -0.15) is 0 Å². The summed E-state index contributed by atoms with van der Waals surface area (Å²) in [5.74, 6) is 0.315. The number of rotatable bonds is 0. The van der Waals surface area contributed by atoms with Gasteiger partial charge < -0.3 is 5.41 Å². The first kappa shape index (κ1) is 6.27. The van der Waals surface area contributed by atoms with Gasteiger partial charge in [0.15, 0.2) is 0 Å². The van der Waals surface area contributed by atoms with Crippen molar-refractivity contribution >= 4 is 5.71 Å². The van der Waals surface area contributed by atoms with Crippen molar-refractivity contribution in [1.29, 1.82) is 5.41 Å². The Labute approximate surface area is 55.6 Å². The van der Waals surface area contributed by atoms with E-state index in [1.165, 1.54) is 5.57 Å². The lowest BCUT2D eigenvalue weighted by Gasteiger charge is -2.09. The summed E-state index contributed by atoms with van der Waals surface area (Å²) < 4.78 is 0. The van der Waals surface area contributed by atoms with E-state index in [1.54, 1.807) is 0 Å². The van der Waals surface area contributed by atoms with Crippen LogP contribution in [0.15, 0.2) is 23.8 Å². The Balaban J connectivity index is 2.82. The van der Waals surface area contributed by atoms with E-state index < -0.39 is 0 Å². The largest absolute Gasteiger partial charge is 0.305 e. The summed E-state index contributed by atoms with van der Waals surface area (Å²) in [6, 6.07) is 0. The summed E-state index contributed by atoms with van der Waals surface area (Å²) in [6.07, 6.45) is 5.94. The highest BCUT2D eigenvalue weighted by molar-refractivity contribution is 5.96. The molecule has 1 unspecified atom stereocenters. The molecule has 1 rings (SSSR count). The number of allylic oxidation sites excluding steroid dienone is 4. The molecule has 9 heavy (non-hydrogen) atoms. The van der Waals surface area contributed by atoms with Crippen LogP contribution in [-0.4, -0.2) is 5.71 Å². The molecule has 0 heterocycles. The van der Waals surface area contributed by atoms with Crippen LogP contribution in [0.5, 0.6) is 0 Å². The summed E-state index contributed by atoms with van der Waals surface area (Å²) in [4.78, 5) is 0. The number of hydrogen-bond donors (Lipinski definition) is 1. The third-order valence-corrected chi connectivity index (χ3v) is 1.53. The molecular weight excluding hydrogens is 110 g/mol. The standard InChI is InChI=1S/C8H11N/c1-6-3-4-8(9)7(2)5-6/h3-5,7,9H,1-2H3. The lowest BCUT2D eigenvalue weighted by molar-refractivity contribution is 0.972. The summed E-state index contributed by atoms with van der Waals surface area (Å²) in [5, 5.41) is 7.35. The number of nitrogens with one attached hydrogen (secondary N) is 1. The smallest absolute Gasteiger partial charge is 0.0380 e. The maximum absolute atomic E-state index is 7.35. The first-order valence-electron chi connectivity index (χ1n) is 3.15. The van der Waals surface area contributed by atoms with Crippen LogP contribution in [0.25, 0.3) is 0 Å². The van der Waals surface area contributed by atoms with Gasteiger partial charge in [-0.05, 0) is 13.0 Å². The maximum atomic E-state index is 7.35. The van der Waals surface area contributed by atoms with Gasteiger partial charge >= 0.3 is 0 Å². The predicted molar refractivity (Wildman–Crippen MR) is 39.8 cm³/mol. The maximum Gasteiger partial charge on any atom is 0.0380 e. The van der Waals surface area contributed by atoms with Gasteiger partial charge in [-0.15, -0.1) is 0 Å². The highest BCUT2D eigenvalue weighted by Gasteiger charge is 2.05. The molecule has 0 saturated heterocycles. The fraction of sp³-hybridized carbons (Fsp3) is 0.375. The zero-order chi connectivity index (χ0) is 6.85.